The summed E-state index contributed by atoms with van der Waals surface area (Å²) in [7, 11) is -0.528. The topological polar surface area (TPSA) is 77.8 Å². The minimum absolute atomic E-state index is 0.0245. The van der Waals surface area contributed by atoms with Gasteiger partial charge in [-0.25, -0.2) is 0 Å². The quantitative estimate of drug-likeness (QED) is 0.418. The molecular weight excluding hydrogens is 386 g/mol. The summed E-state index contributed by atoms with van der Waals surface area (Å²) in [6.45, 7) is 13.7. The molecule has 2 aliphatic heterocycles. The lowest BCUT2D eigenvalue weighted by Crippen LogP contribution is -2.55. The van der Waals surface area contributed by atoms with Gasteiger partial charge in [-0.3, -0.25) is 4.79 Å². The zero-order chi connectivity index (χ0) is 21.9. The van der Waals surface area contributed by atoms with Gasteiger partial charge in [0.05, 0.1) is 38.1 Å². The van der Waals surface area contributed by atoms with E-state index in [0.717, 1.165) is 25.7 Å². The number of ether oxygens (including phenoxy) is 3. The molecule has 2 fully saturated rings. The number of rotatable bonds is 8. The molecule has 0 spiro atoms. The van der Waals surface area contributed by atoms with Gasteiger partial charge in [-0.05, 0) is 50.7 Å². The Labute approximate surface area is 177 Å². The lowest BCUT2D eigenvalue weighted by molar-refractivity contribution is -0.183. The van der Waals surface area contributed by atoms with E-state index in [4.69, 9.17) is 18.6 Å². The van der Waals surface area contributed by atoms with Crippen LogP contribution < -0.4 is 0 Å². The lowest BCUT2D eigenvalue weighted by atomic mass is 9.85. The Balaban J connectivity index is 2.14. The van der Waals surface area contributed by atoms with Crippen LogP contribution in [0.5, 0.6) is 0 Å². The first-order valence-corrected chi connectivity index (χ1v) is 13.8. The molecule has 29 heavy (non-hydrogen) atoms. The van der Waals surface area contributed by atoms with Crippen molar-refractivity contribution in [3.05, 3.63) is 0 Å². The van der Waals surface area contributed by atoms with Crippen LogP contribution in [0, 0.1) is 17.2 Å². The normalized spacial score (nSPS) is 31.0. The second-order valence-electron chi connectivity index (χ2n) is 10.3. The molecular formula is C22H39NO5Si. The van der Waals surface area contributed by atoms with E-state index in [1.807, 2.05) is 6.92 Å². The molecule has 0 aromatic carbocycles. The van der Waals surface area contributed by atoms with Gasteiger partial charge in [-0.15, -0.1) is 0 Å². The van der Waals surface area contributed by atoms with Crippen molar-refractivity contribution in [1.29, 1.82) is 5.26 Å². The lowest BCUT2D eigenvalue weighted by Gasteiger charge is -2.45. The zero-order valence-electron chi connectivity index (χ0n) is 19.2. The van der Waals surface area contributed by atoms with Crippen LogP contribution in [0.15, 0.2) is 0 Å². The highest BCUT2D eigenvalue weighted by atomic mass is 28.4. The second-order valence-corrected chi connectivity index (χ2v) is 15.1. The SMILES string of the molecule is COC(=O)CC[C@H]1C[C@]2(CO[Si](C)(C)C(C)(C)C)O[C@@H](C[C@@H](C)C#N)CC[C@@H]2O1. The molecule has 0 saturated carbocycles. The summed E-state index contributed by atoms with van der Waals surface area (Å²) in [5.74, 6) is -0.246. The molecule has 0 N–H and O–H groups in total. The number of nitrogens with zero attached hydrogens (tertiary/aromatic N) is 1. The van der Waals surface area contributed by atoms with Crippen molar-refractivity contribution in [2.24, 2.45) is 5.92 Å². The van der Waals surface area contributed by atoms with Gasteiger partial charge in [0.2, 0.25) is 0 Å². The summed E-state index contributed by atoms with van der Waals surface area (Å²) in [5, 5.41) is 9.33. The molecule has 2 aliphatic rings. The molecule has 0 bridgehead atoms. The van der Waals surface area contributed by atoms with E-state index in [0.29, 0.717) is 19.4 Å². The predicted octanol–water partition coefficient (Wildman–Crippen LogP) is 4.59. The van der Waals surface area contributed by atoms with Gasteiger partial charge in [0.25, 0.3) is 0 Å². The maximum atomic E-state index is 11.6. The molecule has 0 amide bonds. The zero-order valence-corrected chi connectivity index (χ0v) is 20.2. The van der Waals surface area contributed by atoms with E-state index in [9.17, 15) is 10.1 Å². The van der Waals surface area contributed by atoms with Crippen molar-refractivity contribution in [1.82, 2.24) is 0 Å². The molecule has 0 aliphatic carbocycles. The van der Waals surface area contributed by atoms with Crippen LogP contribution in [0.3, 0.4) is 0 Å². The Hall–Kier alpha value is -0.943. The number of hydrogen-bond acceptors (Lipinski definition) is 6. The predicted molar refractivity (Wildman–Crippen MR) is 114 cm³/mol. The summed E-state index contributed by atoms with van der Waals surface area (Å²) >= 11 is 0. The number of carbonyl (C=O) groups excluding carboxylic acids is 1. The molecule has 0 radical (unpaired) electrons. The minimum atomic E-state index is -1.94. The van der Waals surface area contributed by atoms with Crippen molar-refractivity contribution in [2.45, 2.75) is 108 Å². The van der Waals surface area contributed by atoms with Crippen LogP contribution in [-0.4, -0.2) is 51.9 Å². The van der Waals surface area contributed by atoms with Gasteiger partial charge in [0.15, 0.2) is 8.32 Å². The summed E-state index contributed by atoms with van der Waals surface area (Å²) in [6, 6.07) is 2.32. The fourth-order valence-electron chi connectivity index (χ4n) is 3.97. The van der Waals surface area contributed by atoms with Gasteiger partial charge in [0, 0.05) is 18.8 Å². The van der Waals surface area contributed by atoms with Crippen molar-refractivity contribution in [3.63, 3.8) is 0 Å². The number of methoxy groups -OCH3 is 1. The highest BCUT2D eigenvalue weighted by Gasteiger charge is 2.54. The Morgan fingerprint density at radius 3 is 2.59 bits per heavy atom. The fraction of sp³-hybridized carbons (Fsp3) is 0.909. The maximum absolute atomic E-state index is 11.6. The van der Waals surface area contributed by atoms with Gasteiger partial charge in [0.1, 0.15) is 5.60 Å². The van der Waals surface area contributed by atoms with E-state index in [2.05, 4.69) is 39.9 Å². The molecule has 0 aromatic heterocycles. The average Bonchev–Trinajstić information content (AvgIpc) is 3.01. The van der Waals surface area contributed by atoms with Crippen molar-refractivity contribution >= 4 is 14.3 Å². The first kappa shape index (κ1) is 24.3. The van der Waals surface area contributed by atoms with E-state index in [-0.39, 0.29) is 35.2 Å². The summed E-state index contributed by atoms with van der Waals surface area (Å²) in [5.41, 5.74) is -0.492. The van der Waals surface area contributed by atoms with Crippen molar-refractivity contribution < 1.29 is 23.4 Å². The highest BCUT2D eigenvalue weighted by molar-refractivity contribution is 6.74. The van der Waals surface area contributed by atoms with Crippen LogP contribution in [0.2, 0.25) is 18.1 Å². The fourth-order valence-corrected chi connectivity index (χ4v) is 5.01. The summed E-state index contributed by atoms with van der Waals surface area (Å²) in [6.07, 6.45) is 4.22. The third-order valence-electron chi connectivity index (χ3n) is 6.89. The van der Waals surface area contributed by atoms with Crippen LogP contribution in [0.1, 0.15) is 66.2 Å². The van der Waals surface area contributed by atoms with E-state index in [1.54, 1.807) is 0 Å². The number of esters is 1. The van der Waals surface area contributed by atoms with Gasteiger partial charge in [-0.2, -0.15) is 5.26 Å². The highest BCUT2D eigenvalue weighted by Crippen LogP contribution is 2.46. The number of carbonyl (C=O) groups is 1. The molecule has 6 nitrogen and oxygen atoms in total. The Morgan fingerprint density at radius 2 is 2.00 bits per heavy atom. The Morgan fingerprint density at radius 1 is 1.31 bits per heavy atom. The number of fused-ring (bicyclic) bond motifs is 1. The average molecular weight is 426 g/mol. The molecule has 5 atom stereocenters. The molecule has 0 aromatic rings. The van der Waals surface area contributed by atoms with E-state index in [1.165, 1.54) is 7.11 Å². The molecule has 2 rings (SSSR count). The molecule has 0 unspecified atom stereocenters. The van der Waals surface area contributed by atoms with Gasteiger partial charge < -0.3 is 18.6 Å². The molecule has 2 saturated heterocycles. The standard InChI is InChI=1S/C22H39NO5Si/c1-16(14-23)12-17-8-10-19-22(28-17,15-26-29(6,7)21(2,3)4)13-18(27-19)9-11-20(24)25-5/h16-19H,8-13,15H2,1-7H3/t16-,17-,18+,19+,22-/m1/s1. The maximum Gasteiger partial charge on any atom is 0.305 e. The Bertz CT molecular complexity index is 611. The first-order valence-electron chi connectivity index (χ1n) is 10.9. The second kappa shape index (κ2) is 9.46. The van der Waals surface area contributed by atoms with Crippen molar-refractivity contribution in [3.8, 4) is 6.07 Å². The Kier molecular flexibility index (Phi) is 7.94. The monoisotopic (exact) mass is 425 g/mol. The van der Waals surface area contributed by atoms with Crippen LogP contribution >= 0.6 is 0 Å². The smallest absolute Gasteiger partial charge is 0.305 e. The third kappa shape index (κ3) is 6.03. The van der Waals surface area contributed by atoms with Crippen LogP contribution in [0.4, 0.5) is 0 Å². The van der Waals surface area contributed by atoms with Gasteiger partial charge in [-0.1, -0.05) is 20.8 Å². The van der Waals surface area contributed by atoms with Crippen molar-refractivity contribution in [2.75, 3.05) is 13.7 Å². The molecule has 166 valence electrons. The number of hydrogen-bond donors (Lipinski definition) is 0. The number of nitriles is 1. The first-order chi connectivity index (χ1) is 13.4. The minimum Gasteiger partial charge on any atom is -0.469 e. The van der Waals surface area contributed by atoms with E-state index < -0.39 is 13.9 Å². The third-order valence-corrected chi connectivity index (χ3v) is 11.4. The largest absolute Gasteiger partial charge is 0.469 e. The molecule has 2 heterocycles. The van der Waals surface area contributed by atoms with Crippen LogP contribution in [-0.2, 0) is 23.4 Å². The van der Waals surface area contributed by atoms with Gasteiger partial charge >= 0.3 is 5.97 Å². The molecule has 7 heteroatoms. The van der Waals surface area contributed by atoms with E-state index >= 15 is 0 Å². The van der Waals surface area contributed by atoms with Crippen LogP contribution in [0.25, 0.3) is 0 Å². The summed E-state index contributed by atoms with van der Waals surface area (Å²) < 4.78 is 24.3. The summed E-state index contributed by atoms with van der Waals surface area (Å²) in [4.78, 5) is 11.6.